The van der Waals surface area contributed by atoms with Crippen LogP contribution in [0.4, 0.5) is 0 Å². The highest BCUT2D eigenvalue weighted by atomic mass is 16.7. The minimum absolute atomic E-state index is 0.208. The van der Waals surface area contributed by atoms with E-state index < -0.39 is 60.2 Å². The minimum atomic E-state index is -1.38. The number of rotatable bonds is 10. The zero-order valence-electron chi connectivity index (χ0n) is 24.3. The summed E-state index contributed by atoms with van der Waals surface area (Å²) in [7, 11) is 2.96. The maximum Gasteiger partial charge on any atom is 0.303 e. The van der Waals surface area contributed by atoms with Crippen molar-refractivity contribution < 1.29 is 61.8 Å². The van der Waals surface area contributed by atoms with Gasteiger partial charge in [0.25, 0.3) is 0 Å². The van der Waals surface area contributed by atoms with E-state index in [0.29, 0.717) is 28.4 Å². The van der Waals surface area contributed by atoms with Gasteiger partial charge in [-0.3, -0.25) is 19.2 Å². The molecule has 1 saturated heterocycles. The number of carbonyl (C=O) groups excluding carboxylic acids is 4. The molecule has 1 fully saturated rings. The van der Waals surface area contributed by atoms with E-state index in [9.17, 15) is 19.2 Å². The molecular formula is C28H36O13. The first-order valence-electron chi connectivity index (χ1n) is 12.8. The Morgan fingerprint density at radius 2 is 1.46 bits per heavy atom. The number of ether oxygens (including phenoxy) is 9. The third-order valence-corrected chi connectivity index (χ3v) is 6.11. The zero-order valence-corrected chi connectivity index (χ0v) is 24.3. The SMILES string of the molecule is COc1cc2c(c(CO[C@H]3O[C@@H](COC(C)=O)[C@H](OC(C)=O)[C@@H](OC(C)=O)[C@@H]3OC(C)=O)c1OC)OC(C)(C)C=C2. The van der Waals surface area contributed by atoms with Crippen LogP contribution in [0.15, 0.2) is 12.1 Å². The van der Waals surface area contributed by atoms with E-state index in [1.165, 1.54) is 21.1 Å². The quantitative estimate of drug-likeness (QED) is 0.295. The number of carbonyl (C=O) groups is 4. The van der Waals surface area contributed by atoms with Gasteiger partial charge < -0.3 is 42.6 Å². The topological polar surface area (TPSA) is 151 Å². The Morgan fingerprint density at radius 3 is 2.02 bits per heavy atom. The van der Waals surface area contributed by atoms with Crippen LogP contribution in [0.5, 0.6) is 17.2 Å². The summed E-state index contributed by atoms with van der Waals surface area (Å²) in [4.78, 5) is 47.7. The lowest BCUT2D eigenvalue weighted by Crippen LogP contribution is -2.62. The molecule has 13 nitrogen and oxygen atoms in total. The Labute approximate surface area is 237 Å². The van der Waals surface area contributed by atoms with Crippen LogP contribution in [0.1, 0.15) is 52.7 Å². The van der Waals surface area contributed by atoms with E-state index in [0.717, 1.165) is 20.8 Å². The number of hydrogen-bond donors (Lipinski definition) is 0. The smallest absolute Gasteiger partial charge is 0.303 e. The summed E-state index contributed by atoms with van der Waals surface area (Å²) < 4.78 is 51.0. The molecule has 0 N–H and O–H groups in total. The summed E-state index contributed by atoms with van der Waals surface area (Å²) in [5.41, 5.74) is 0.532. The van der Waals surface area contributed by atoms with Gasteiger partial charge in [-0.25, -0.2) is 0 Å². The Bertz CT molecular complexity index is 1190. The Balaban J connectivity index is 2.05. The maximum atomic E-state index is 12.1. The van der Waals surface area contributed by atoms with Crippen molar-refractivity contribution in [3.63, 3.8) is 0 Å². The van der Waals surface area contributed by atoms with Crippen LogP contribution >= 0.6 is 0 Å². The second-order valence-corrected chi connectivity index (χ2v) is 9.93. The number of esters is 4. The summed E-state index contributed by atoms with van der Waals surface area (Å²) >= 11 is 0. The highest BCUT2D eigenvalue weighted by Gasteiger charge is 2.53. The first-order chi connectivity index (χ1) is 19.3. The van der Waals surface area contributed by atoms with Gasteiger partial charge in [0, 0.05) is 33.3 Å². The van der Waals surface area contributed by atoms with Crippen molar-refractivity contribution in [1.82, 2.24) is 0 Å². The van der Waals surface area contributed by atoms with Gasteiger partial charge in [0.05, 0.1) is 26.4 Å². The van der Waals surface area contributed by atoms with Crippen molar-refractivity contribution in [2.24, 2.45) is 0 Å². The van der Waals surface area contributed by atoms with Gasteiger partial charge in [0.2, 0.25) is 0 Å². The molecule has 0 bridgehead atoms. The number of fused-ring (bicyclic) bond motifs is 1. The molecule has 0 saturated carbocycles. The van der Waals surface area contributed by atoms with Crippen LogP contribution in [-0.2, 0) is 54.2 Å². The number of hydrogen-bond acceptors (Lipinski definition) is 13. The van der Waals surface area contributed by atoms with Gasteiger partial charge in [-0.1, -0.05) is 6.08 Å². The first-order valence-corrected chi connectivity index (χ1v) is 12.8. The van der Waals surface area contributed by atoms with Crippen molar-refractivity contribution in [3.8, 4) is 17.2 Å². The van der Waals surface area contributed by atoms with E-state index in [1.54, 1.807) is 6.07 Å². The second-order valence-electron chi connectivity index (χ2n) is 9.93. The molecule has 226 valence electrons. The predicted molar refractivity (Wildman–Crippen MR) is 140 cm³/mol. The molecule has 0 spiro atoms. The lowest BCUT2D eigenvalue weighted by Gasteiger charge is -2.44. The van der Waals surface area contributed by atoms with Gasteiger partial charge in [-0.15, -0.1) is 0 Å². The van der Waals surface area contributed by atoms with Gasteiger partial charge in [0.15, 0.2) is 36.1 Å². The van der Waals surface area contributed by atoms with Gasteiger partial charge in [0.1, 0.15) is 24.1 Å². The molecule has 1 aromatic carbocycles. The fraction of sp³-hybridized carbons (Fsp3) is 0.571. The van der Waals surface area contributed by atoms with Crippen LogP contribution in [0, 0.1) is 0 Å². The van der Waals surface area contributed by atoms with Crippen molar-refractivity contribution in [1.29, 1.82) is 0 Å². The molecular weight excluding hydrogens is 544 g/mol. The summed E-state index contributed by atoms with van der Waals surface area (Å²) in [5, 5.41) is 0. The molecule has 2 heterocycles. The second kappa shape index (κ2) is 13.2. The lowest BCUT2D eigenvalue weighted by molar-refractivity contribution is -0.310. The van der Waals surface area contributed by atoms with Crippen LogP contribution in [0.2, 0.25) is 0 Å². The fourth-order valence-electron chi connectivity index (χ4n) is 4.53. The standard InChI is InChI=1S/C28H36O13/c1-14(29)35-13-21-24(37-15(2)30)25(38-16(3)31)26(39-17(4)32)27(40-21)36-12-19-22-18(9-10-28(5,6)41-22)11-20(33-7)23(19)34-8/h9-11,21,24-27H,12-13H2,1-8H3/t21-,24-,25+,26-,27-/m0/s1. The Hall–Kier alpha value is -3.84. The molecule has 41 heavy (non-hydrogen) atoms. The minimum Gasteiger partial charge on any atom is -0.493 e. The summed E-state index contributed by atoms with van der Waals surface area (Å²) in [6, 6.07) is 1.76. The van der Waals surface area contributed by atoms with Gasteiger partial charge in [-0.2, -0.15) is 0 Å². The van der Waals surface area contributed by atoms with Gasteiger partial charge in [-0.05, 0) is 26.0 Å². The van der Waals surface area contributed by atoms with E-state index >= 15 is 0 Å². The normalized spacial score (nSPS) is 24.2. The van der Waals surface area contributed by atoms with E-state index in [1.807, 2.05) is 26.0 Å². The van der Waals surface area contributed by atoms with Crippen LogP contribution in [-0.4, -0.2) is 81.0 Å². The number of benzene rings is 1. The maximum absolute atomic E-state index is 12.1. The molecule has 0 aromatic heterocycles. The largest absolute Gasteiger partial charge is 0.493 e. The molecule has 2 aliphatic rings. The molecule has 13 heteroatoms. The highest BCUT2D eigenvalue weighted by molar-refractivity contribution is 5.70. The third kappa shape index (κ3) is 7.88. The molecule has 0 unspecified atom stereocenters. The Kier molecular flexibility index (Phi) is 10.2. The van der Waals surface area contributed by atoms with E-state index in [2.05, 4.69) is 0 Å². The van der Waals surface area contributed by atoms with Gasteiger partial charge >= 0.3 is 23.9 Å². The molecule has 3 rings (SSSR count). The molecule has 1 aromatic rings. The molecule has 0 amide bonds. The summed E-state index contributed by atoms with van der Waals surface area (Å²) in [5.74, 6) is -1.62. The fourth-order valence-corrected chi connectivity index (χ4v) is 4.53. The van der Waals surface area contributed by atoms with Crippen molar-refractivity contribution in [3.05, 3.63) is 23.3 Å². The van der Waals surface area contributed by atoms with Crippen molar-refractivity contribution in [2.75, 3.05) is 20.8 Å². The lowest BCUT2D eigenvalue weighted by atomic mass is 9.97. The number of methoxy groups -OCH3 is 2. The van der Waals surface area contributed by atoms with E-state index in [-0.39, 0.29) is 13.2 Å². The summed E-state index contributed by atoms with van der Waals surface area (Å²) in [6.45, 7) is 7.81. The molecule has 2 aliphatic heterocycles. The van der Waals surface area contributed by atoms with Crippen LogP contribution in [0.3, 0.4) is 0 Å². The van der Waals surface area contributed by atoms with Crippen LogP contribution in [0.25, 0.3) is 6.08 Å². The zero-order chi connectivity index (χ0) is 30.5. The van der Waals surface area contributed by atoms with Crippen molar-refractivity contribution >= 4 is 30.0 Å². The van der Waals surface area contributed by atoms with Crippen LogP contribution < -0.4 is 14.2 Å². The third-order valence-electron chi connectivity index (χ3n) is 6.11. The monoisotopic (exact) mass is 580 g/mol. The average molecular weight is 581 g/mol. The first kappa shape index (κ1) is 31.7. The van der Waals surface area contributed by atoms with Crippen molar-refractivity contribution in [2.45, 2.75) is 84.5 Å². The molecule has 0 aliphatic carbocycles. The Morgan fingerprint density at radius 1 is 0.854 bits per heavy atom. The highest BCUT2D eigenvalue weighted by Crippen LogP contribution is 2.45. The summed E-state index contributed by atoms with van der Waals surface area (Å²) in [6.07, 6.45) is -2.78. The molecule has 0 radical (unpaired) electrons. The predicted octanol–water partition coefficient (Wildman–Crippen LogP) is 2.49. The molecule has 5 atom stereocenters. The average Bonchev–Trinajstić information content (AvgIpc) is 2.87. The van der Waals surface area contributed by atoms with E-state index in [4.69, 9.17) is 42.6 Å².